The molecule has 1 N–H and O–H groups in total. The fourth-order valence-electron chi connectivity index (χ4n) is 5.20. The first kappa shape index (κ1) is 27.7. The van der Waals surface area contributed by atoms with Crippen LogP contribution in [0, 0.1) is 6.08 Å². The fourth-order valence-corrected chi connectivity index (χ4v) is 5.20. The average Bonchev–Trinajstić information content (AvgIpc) is 3.36. The van der Waals surface area contributed by atoms with E-state index in [2.05, 4.69) is 15.5 Å². The normalized spacial score (nSPS) is 18.0. The number of carbonyl (C=O) groups is 2. The molecule has 1 atom stereocenters. The lowest BCUT2D eigenvalue weighted by molar-refractivity contribution is -0.142. The molecule has 0 unspecified atom stereocenters. The highest BCUT2D eigenvalue weighted by atomic mass is 19.4. The van der Waals surface area contributed by atoms with Crippen molar-refractivity contribution in [3.8, 4) is 0 Å². The summed E-state index contributed by atoms with van der Waals surface area (Å²) in [5.41, 5.74) is -1.04. The van der Waals surface area contributed by atoms with Gasteiger partial charge in [-0.2, -0.15) is 17.6 Å². The molecular formula is C27H27F4N5O4. The minimum atomic E-state index is -4.80. The van der Waals surface area contributed by atoms with Crippen molar-refractivity contribution in [2.75, 3.05) is 24.7 Å². The van der Waals surface area contributed by atoms with E-state index in [0.29, 0.717) is 17.9 Å². The van der Waals surface area contributed by atoms with Crippen LogP contribution in [0.2, 0.25) is 0 Å². The zero-order chi connectivity index (χ0) is 28.7. The molecule has 1 aromatic heterocycles. The smallest absolute Gasteiger partial charge is 0.416 e. The second kappa shape index (κ2) is 10.6. The molecule has 40 heavy (non-hydrogen) atoms. The molecule has 212 valence electrons. The van der Waals surface area contributed by atoms with Gasteiger partial charge in [0.1, 0.15) is 5.82 Å². The number of alkyl halides is 3. The van der Waals surface area contributed by atoms with Gasteiger partial charge in [-0.3, -0.25) is 19.1 Å². The van der Waals surface area contributed by atoms with Crippen molar-refractivity contribution in [3.63, 3.8) is 0 Å². The number of fused-ring (bicyclic) bond motifs is 1. The maximum atomic E-state index is 14.2. The van der Waals surface area contributed by atoms with E-state index >= 15 is 0 Å². The van der Waals surface area contributed by atoms with Crippen molar-refractivity contribution in [1.29, 1.82) is 0 Å². The van der Waals surface area contributed by atoms with Crippen molar-refractivity contribution in [2.24, 2.45) is 7.05 Å². The number of carbonyl (C=O) groups excluding carboxylic acids is 2. The molecule has 5 rings (SSSR count). The summed E-state index contributed by atoms with van der Waals surface area (Å²) in [5.74, 6) is -0.340. The predicted molar refractivity (Wildman–Crippen MR) is 134 cm³/mol. The molecule has 0 radical (unpaired) electrons. The van der Waals surface area contributed by atoms with Crippen LogP contribution in [0.25, 0.3) is 0 Å². The summed E-state index contributed by atoms with van der Waals surface area (Å²) in [4.78, 5) is 26.2. The first-order chi connectivity index (χ1) is 19.1. The predicted octanol–water partition coefficient (Wildman–Crippen LogP) is 3.82. The Labute approximate surface area is 227 Å². The van der Waals surface area contributed by atoms with Gasteiger partial charge >= 0.3 is 12.3 Å². The van der Waals surface area contributed by atoms with Gasteiger partial charge in [0.2, 0.25) is 6.23 Å². The van der Waals surface area contributed by atoms with Gasteiger partial charge in [0.05, 0.1) is 18.8 Å². The third kappa shape index (κ3) is 4.83. The highest BCUT2D eigenvalue weighted by Crippen LogP contribution is 2.46. The summed E-state index contributed by atoms with van der Waals surface area (Å²) in [6, 6.07) is 9.04. The molecule has 13 heteroatoms. The summed E-state index contributed by atoms with van der Waals surface area (Å²) in [7, 11) is 1.50. The van der Waals surface area contributed by atoms with Gasteiger partial charge in [0, 0.05) is 42.2 Å². The Morgan fingerprint density at radius 1 is 1.23 bits per heavy atom. The zero-order valence-corrected chi connectivity index (χ0v) is 21.8. The van der Waals surface area contributed by atoms with Crippen molar-refractivity contribution >= 4 is 18.1 Å². The van der Waals surface area contributed by atoms with Crippen LogP contribution in [0.15, 0.2) is 36.4 Å². The lowest BCUT2D eigenvalue weighted by atomic mass is 9.75. The number of benzene rings is 2. The van der Waals surface area contributed by atoms with Crippen LogP contribution in [0.1, 0.15) is 58.0 Å². The van der Waals surface area contributed by atoms with Crippen LogP contribution in [0.4, 0.5) is 23.2 Å². The van der Waals surface area contributed by atoms with E-state index in [4.69, 9.17) is 9.47 Å². The molecule has 9 nitrogen and oxygen atoms in total. The molecule has 1 fully saturated rings. The Hall–Kier alpha value is -3.84. The second-order valence-corrected chi connectivity index (χ2v) is 9.98. The number of rotatable bonds is 10. The molecule has 1 saturated heterocycles. The highest BCUT2D eigenvalue weighted by Gasteiger charge is 2.48. The Kier molecular flexibility index (Phi) is 7.36. The number of nitrogens with zero attached hydrogens (tertiary/aromatic N) is 4. The zero-order valence-electron chi connectivity index (χ0n) is 21.8. The van der Waals surface area contributed by atoms with Gasteiger partial charge in [-0.1, -0.05) is 24.2 Å². The maximum Gasteiger partial charge on any atom is 0.416 e. The van der Waals surface area contributed by atoms with E-state index in [-0.39, 0.29) is 49.5 Å². The van der Waals surface area contributed by atoms with Crippen molar-refractivity contribution < 1.29 is 36.6 Å². The van der Waals surface area contributed by atoms with E-state index in [9.17, 15) is 27.2 Å². The molecule has 3 heterocycles. The fraction of sp³-hybridized carbons (Fsp3) is 0.407. The minimum Gasteiger partial charge on any atom is -0.439 e. The quantitative estimate of drug-likeness (QED) is 0.228. The number of hydrogen-bond donors (Lipinski definition) is 1. The van der Waals surface area contributed by atoms with Crippen LogP contribution >= 0.6 is 0 Å². The first-order valence-corrected chi connectivity index (χ1v) is 12.7. The maximum absolute atomic E-state index is 14.2. The van der Waals surface area contributed by atoms with Crippen LogP contribution in [0.3, 0.4) is 0 Å². The lowest BCUT2D eigenvalue weighted by Crippen LogP contribution is -2.49. The standard InChI is InChI=1S/C27H27F4N5O4/c1-3-7-32-12-16-8-19-22(20(9-16)27(29,30)31)24(40-15-37)36(23(19)38)18-6-4-5-17(10-18)26(13-39-14-26)11-21-33-34-25(28)35(21)2/h4-6,8-10,15,24,32H,3,7,11-14H2,1-2H3/t24-/m1/s1. The number of halogens is 4. The molecule has 2 aliphatic heterocycles. The topological polar surface area (TPSA) is 98.6 Å². The van der Waals surface area contributed by atoms with Gasteiger partial charge < -0.3 is 14.8 Å². The number of hydrogen-bond acceptors (Lipinski definition) is 7. The van der Waals surface area contributed by atoms with Gasteiger partial charge in [-0.05, 0) is 48.4 Å². The van der Waals surface area contributed by atoms with Crippen LogP contribution < -0.4 is 10.2 Å². The molecule has 2 aliphatic rings. The van der Waals surface area contributed by atoms with Crippen LogP contribution in [-0.2, 0) is 45.9 Å². The summed E-state index contributed by atoms with van der Waals surface area (Å²) in [6.07, 6.45) is -6.10. The second-order valence-electron chi connectivity index (χ2n) is 9.98. The highest BCUT2D eigenvalue weighted by molar-refractivity contribution is 6.11. The minimum absolute atomic E-state index is 0.0324. The SMILES string of the molecule is CCCNCc1cc2c(c(C(F)(F)F)c1)[C@@H](OC=O)N(c1cccc(C3(Cc4nnc(F)n4C)COC3)c1)C2=O. The number of nitrogens with one attached hydrogen (secondary N) is 1. The van der Waals surface area contributed by atoms with Crippen molar-refractivity contribution in [1.82, 2.24) is 20.1 Å². The van der Waals surface area contributed by atoms with Crippen LogP contribution in [-0.4, -0.2) is 46.9 Å². The van der Waals surface area contributed by atoms with E-state index < -0.39 is 40.9 Å². The Morgan fingerprint density at radius 2 is 2.00 bits per heavy atom. The van der Waals surface area contributed by atoms with E-state index in [1.807, 2.05) is 6.92 Å². The van der Waals surface area contributed by atoms with Gasteiger partial charge in [-0.15, -0.1) is 5.10 Å². The molecule has 2 aromatic carbocycles. The number of aromatic nitrogens is 3. The van der Waals surface area contributed by atoms with E-state index in [1.165, 1.54) is 17.7 Å². The molecule has 3 aromatic rings. The third-order valence-corrected chi connectivity index (χ3v) is 7.32. The van der Waals surface area contributed by atoms with Gasteiger partial charge in [0.15, 0.2) is 0 Å². The van der Waals surface area contributed by atoms with Crippen molar-refractivity contribution in [3.05, 3.63) is 76.1 Å². The Bertz CT molecular complexity index is 1440. The molecule has 1 amide bonds. The first-order valence-electron chi connectivity index (χ1n) is 12.7. The van der Waals surface area contributed by atoms with E-state index in [0.717, 1.165) is 17.4 Å². The summed E-state index contributed by atoms with van der Waals surface area (Å²) >= 11 is 0. The average molecular weight is 562 g/mol. The molecular weight excluding hydrogens is 534 g/mol. The van der Waals surface area contributed by atoms with Gasteiger partial charge in [0.25, 0.3) is 12.4 Å². The largest absolute Gasteiger partial charge is 0.439 e. The summed E-state index contributed by atoms with van der Waals surface area (Å²) < 4.78 is 68.4. The van der Waals surface area contributed by atoms with E-state index in [1.54, 1.807) is 24.3 Å². The molecule has 0 saturated carbocycles. The number of amides is 1. The van der Waals surface area contributed by atoms with Gasteiger partial charge in [-0.25, -0.2) is 0 Å². The number of ether oxygens (including phenoxy) is 2. The molecule has 0 spiro atoms. The molecule has 0 bridgehead atoms. The summed E-state index contributed by atoms with van der Waals surface area (Å²) in [6.45, 7) is 3.25. The Balaban J connectivity index is 1.56. The third-order valence-electron chi connectivity index (χ3n) is 7.32. The lowest BCUT2D eigenvalue weighted by Gasteiger charge is -2.42. The van der Waals surface area contributed by atoms with Crippen molar-refractivity contribution in [2.45, 2.75) is 44.1 Å². The number of anilines is 1. The summed E-state index contributed by atoms with van der Waals surface area (Å²) in [5, 5.41) is 10.4. The Morgan fingerprint density at radius 3 is 2.60 bits per heavy atom. The van der Waals surface area contributed by atoms with Crippen LogP contribution in [0.5, 0.6) is 0 Å². The molecule has 0 aliphatic carbocycles. The monoisotopic (exact) mass is 561 g/mol.